The van der Waals surface area contributed by atoms with Gasteiger partial charge in [0.2, 0.25) is 23.6 Å². The van der Waals surface area contributed by atoms with Gasteiger partial charge in [0.1, 0.15) is 18.1 Å². The minimum Gasteiger partial charge on any atom is -0.481 e. The Labute approximate surface area is 201 Å². The van der Waals surface area contributed by atoms with E-state index in [-0.39, 0.29) is 25.2 Å². The molecule has 0 saturated carbocycles. The first-order chi connectivity index (χ1) is 16.1. The van der Waals surface area contributed by atoms with E-state index in [2.05, 4.69) is 16.0 Å². The van der Waals surface area contributed by atoms with Gasteiger partial charge in [-0.05, 0) is 25.2 Å². The first kappa shape index (κ1) is 31.2. The summed E-state index contributed by atoms with van der Waals surface area (Å²) in [7, 11) is 0. The van der Waals surface area contributed by atoms with Gasteiger partial charge in [-0.25, -0.2) is 4.79 Å². The molecule has 4 amide bonds. The molecular weight excluding hydrogens is 470 g/mol. The van der Waals surface area contributed by atoms with Crippen molar-refractivity contribution in [3.05, 3.63) is 0 Å². The van der Waals surface area contributed by atoms with Crippen molar-refractivity contribution in [1.82, 2.24) is 16.0 Å². The molecule has 35 heavy (non-hydrogen) atoms. The van der Waals surface area contributed by atoms with Crippen LogP contribution in [0.2, 0.25) is 0 Å². The number of carbonyl (C=O) groups is 7. The quantitative estimate of drug-likeness (QED) is 0.103. The van der Waals surface area contributed by atoms with Crippen LogP contribution in [0.1, 0.15) is 52.4 Å². The van der Waals surface area contributed by atoms with E-state index < -0.39 is 85.0 Å². The van der Waals surface area contributed by atoms with Crippen molar-refractivity contribution in [2.45, 2.75) is 76.5 Å². The average molecular weight is 504 g/mol. The van der Waals surface area contributed by atoms with Gasteiger partial charge in [-0.3, -0.25) is 28.8 Å². The number of carboxylic acid groups (broad SMARTS) is 3. The molecule has 10 N–H and O–H groups in total. The first-order valence-corrected chi connectivity index (χ1v) is 10.7. The number of carboxylic acids is 3. The van der Waals surface area contributed by atoms with Crippen LogP contribution in [-0.4, -0.2) is 81.0 Å². The Morgan fingerprint density at radius 2 is 1.20 bits per heavy atom. The maximum atomic E-state index is 12.7. The molecule has 0 aliphatic rings. The number of rotatable bonds is 17. The van der Waals surface area contributed by atoms with Crippen LogP contribution in [0.25, 0.3) is 0 Å². The number of carbonyl (C=O) groups excluding carboxylic acids is 4. The lowest BCUT2D eigenvalue weighted by atomic mass is 10.0. The Kier molecular flexibility index (Phi) is 13.6. The fourth-order valence-corrected chi connectivity index (χ4v) is 2.90. The molecule has 0 saturated heterocycles. The van der Waals surface area contributed by atoms with Crippen molar-refractivity contribution in [2.75, 3.05) is 0 Å². The molecule has 0 spiro atoms. The Morgan fingerprint density at radius 3 is 1.66 bits per heavy atom. The molecule has 198 valence electrons. The molecule has 0 aromatic carbocycles. The highest BCUT2D eigenvalue weighted by Crippen LogP contribution is 2.06. The van der Waals surface area contributed by atoms with Gasteiger partial charge in [-0.15, -0.1) is 0 Å². The number of nitrogens with two attached hydrogens (primary N) is 2. The third kappa shape index (κ3) is 13.5. The number of amides is 4. The molecule has 0 fully saturated rings. The summed E-state index contributed by atoms with van der Waals surface area (Å²) < 4.78 is 0. The summed E-state index contributed by atoms with van der Waals surface area (Å²) in [6.45, 7) is 3.60. The molecule has 0 radical (unpaired) electrons. The molecule has 0 aromatic rings. The van der Waals surface area contributed by atoms with Crippen molar-refractivity contribution >= 4 is 41.5 Å². The molecule has 4 unspecified atom stereocenters. The van der Waals surface area contributed by atoms with E-state index in [1.165, 1.54) is 0 Å². The second-order valence-corrected chi connectivity index (χ2v) is 8.29. The van der Waals surface area contributed by atoms with Gasteiger partial charge < -0.3 is 42.7 Å². The van der Waals surface area contributed by atoms with E-state index in [9.17, 15) is 38.7 Å². The van der Waals surface area contributed by atoms with Gasteiger partial charge in [0, 0.05) is 12.8 Å². The predicted molar refractivity (Wildman–Crippen MR) is 118 cm³/mol. The molecule has 0 aromatic heterocycles. The predicted octanol–water partition coefficient (Wildman–Crippen LogP) is -2.50. The third-order valence-electron chi connectivity index (χ3n) is 4.65. The van der Waals surface area contributed by atoms with Crippen molar-refractivity contribution in [3.63, 3.8) is 0 Å². The summed E-state index contributed by atoms with van der Waals surface area (Å²) in [4.78, 5) is 82.1. The molecule has 4 atom stereocenters. The van der Waals surface area contributed by atoms with E-state index in [0.717, 1.165) is 0 Å². The van der Waals surface area contributed by atoms with Crippen LogP contribution in [0.15, 0.2) is 0 Å². The Hall–Kier alpha value is -3.75. The van der Waals surface area contributed by atoms with Crippen LogP contribution in [0, 0.1) is 5.92 Å². The summed E-state index contributed by atoms with van der Waals surface area (Å²) >= 11 is 0. The molecule has 0 rings (SSSR count). The number of primary amides is 1. The Bertz CT molecular complexity index is 816. The summed E-state index contributed by atoms with van der Waals surface area (Å²) in [6.07, 6.45) is -2.43. The Morgan fingerprint density at radius 1 is 0.714 bits per heavy atom. The highest BCUT2D eigenvalue weighted by molar-refractivity contribution is 5.95. The first-order valence-electron chi connectivity index (χ1n) is 10.7. The van der Waals surface area contributed by atoms with Crippen molar-refractivity contribution in [2.24, 2.45) is 17.4 Å². The highest BCUT2D eigenvalue weighted by Gasteiger charge is 2.31. The summed E-state index contributed by atoms with van der Waals surface area (Å²) in [5, 5.41) is 33.7. The Balaban J connectivity index is 5.60. The van der Waals surface area contributed by atoms with E-state index in [0.29, 0.717) is 0 Å². The standard InChI is InChI=1S/C20H33N5O10/c1-9(2)7-10(21)17(31)25-13(8-16(29)30)19(33)23-11(4-6-15(27)28)18(32)24-12(20(34)35)3-5-14(22)26/h9-13H,3-8,21H2,1-2H3,(H2,22,26)(H,23,33)(H,24,32)(H,25,31)(H,27,28)(H,29,30)(H,34,35). The van der Waals surface area contributed by atoms with Gasteiger partial charge in [0.15, 0.2) is 0 Å². The van der Waals surface area contributed by atoms with Gasteiger partial charge >= 0.3 is 17.9 Å². The lowest BCUT2D eigenvalue weighted by Crippen LogP contribution is -2.57. The van der Waals surface area contributed by atoms with Crippen molar-refractivity contribution in [3.8, 4) is 0 Å². The smallest absolute Gasteiger partial charge is 0.326 e. The van der Waals surface area contributed by atoms with Crippen LogP contribution in [0.5, 0.6) is 0 Å². The highest BCUT2D eigenvalue weighted by atomic mass is 16.4. The molecule has 0 aliphatic carbocycles. The maximum absolute atomic E-state index is 12.7. The van der Waals surface area contributed by atoms with Gasteiger partial charge in [-0.1, -0.05) is 13.8 Å². The van der Waals surface area contributed by atoms with E-state index in [1.54, 1.807) is 13.8 Å². The van der Waals surface area contributed by atoms with Gasteiger partial charge in [-0.2, -0.15) is 0 Å². The summed E-state index contributed by atoms with van der Waals surface area (Å²) in [6, 6.07) is -5.84. The van der Waals surface area contributed by atoms with E-state index in [4.69, 9.17) is 21.7 Å². The number of hydrogen-bond donors (Lipinski definition) is 8. The molecule has 15 nitrogen and oxygen atoms in total. The summed E-state index contributed by atoms with van der Waals surface area (Å²) in [5.41, 5.74) is 10.7. The van der Waals surface area contributed by atoms with Crippen molar-refractivity contribution < 1.29 is 48.9 Å². The monoisotopic (exact) mass is 503 g/mol. The zero-order valence-corrected chi connectivity index (χ0v) is 19.5. The second kappa shape index (κ2) is 15.2. The topological polar surface area (TPSA) is 268 Å². The van der Waals surface area contributed by atoms with Crippen LogP contribution in [0.3, 0.4) is 0 Å². The zero-order valence-electron chi connectivity index (χ0n) is 19.5. The fraction of sp³-hybridized carbons (Fsp3) is 0.650. The van der Waals surface area contributed by atoms with Crippen molar-refractivity contribution in [1.29, 1.82) is 0 Å². The van der Waals surface area contributed by atoms with Crippen LogP contribution in [0.4, 0.5) is 0 Å². The molecule has 0 aliphatic heterocycles. The number of aliphatic carboxylic acids is 3. The fourth-order valence-electron chi connectivity index (χ4n) is 2.90. The normalized spacial score (nSPS) is 14.2. The van der Waals surface area contributed by atoms with Crippen LogP contribution < -0.4 is 27.4 Å². The van der Waals surface area contributed by atoms with Gasteiger partial charge in [0.25, 0.3) is 0 Å². The summed E-state index contributed by atoms with van der Waals surface area (Å²) in [5.74, 6) is -8.07. The average Bonchev–Trinajstić information content (AvgIpc) is 2.71. The van der Waals surface area contributed by atoms with Crippen LogP contribution >= 0.6 is 0 Å². The van der Waals surface area contributed by atoms with Gasteiger partial charge in [0.05, 0.1) is 12.5 Å². The third-order valence-corrected chi connectivity index (χ3v) is 4.65. The molecular formula is C20H33N5O10. The lowest BCUT2D eigenvalue weighted by Gasteiger charge is -2.24. The second-order valence-electron chi connectivity index (χ2n) is 8.29. The zero-order chi connectivity index (χ0) is 27.3. The minimum absolute atomic E-state index is 0.0309. The van der Waals surface area contributed by atoms with E-state index in [1.807, 2.05) is 0 Å². The SMILES string of the molecule is CC(C)CC(N)C(=O)NC(CC(=O)O)C(=O)NC(CCC(=O)O)C(=O)NC(CCC(N)=O)C(=O)O. The molecule has 0 bridgehead atoms. The maximum Gasteiger partial charge on any atom is 0.326 e. The lowest BCUT2D eigenvalue weighted by molar-refractivity contribution is -0.144. The van der Waals surface area contributed by atoms with E-state index >= 15 is 0 Å². The molecule has 0 heterocycles. The number of hydrogen-bond acceptors (Lipinski definition) is 8. The largest absolute Gasteiger partial charge is 0.481 e. The number of nitrogens with one attached hydrogen (secondary N) is 3. The molecule has 15 heteroatoms. The minimum atomic E-state index is -1.65. The van der Waals surface area contributed by atoms with Crippen LogP contribution in [-0.2, 0) is 33.6 Å².